The van der Waals surface area contributed by atoms with E-state index in [0.29, 0.717) is 5.69 Å². The summed E-state index contributed by atoms with van der Waals surface area (Å²) in [7, 11) is 0. The minimum atomic E-state index is 0. The predicted octanol–water partition coefficient (Wildman–Crippen LogP) is 1.86. The Bertz CT molecular complexity index is 301. The number of aryl methyl sites for hydroxylation is 1. The molecule has 0 fully saturated rings. The van der Waals surface area contributed by atoms with Crippen LogP contribution in [0.25, 0.3) is 0 Å². The lowest BCUT2D eigenvalue weighted by atomic mass is 10.2. The van der Waals surface area contributed by atoms with E-state index in [1.165, 1.54) is 0 Å². The number of aromatic nitrogens is 1. The van der Waals surface area contributed by atoms with Gasteiger partial charge in [0, 0.05) is 10.7 Å². The number of pyridine rings is 1. The Morgan fingerprint density at radius 3 is 2.67 bits per heavy atom. The molecule has 0 aliphatic carbocycles. The lowest BCUT2D eigenvalue weighted by molar-refractivity contribution is 1.19. The molecule has 3 N–H and O–H groups in total. The molecular formula is C7H9BrClN3. The minimum Gasteiger partial charge on any atom is -0.382 e. The maximum absolute atomic E-state index is 7.15. The Morgan fingerprint density at radius 1 is 1.67 bits per heavy atom. The van der Waals surface area contributed by atoms with Crippen molar-refractivity contribution in [2.45, 2.75) is 6.92 Å². The molecule has 0 atom stereocenters. The Hall–Kier alpha value is -0.610. The summed E-state index contributed by atoms with van der Waals surface area (Å²) in [5.41, 5.74) is 6.73. The average Bonchev–Trinajstić information content (AvgIpc) is 1.85. The lowest BCUT2D eigenvalue weighted by Crippen LogP contribution is -2.14. The molecule has 1 heterocycles. The third-order valence-corrected chi connectivity index (χ3v) is 1.73. The summed E-state index contributed by atoms with van der Waals surface area (Å²) in [6, 6.07) is 1.88. The second-order valence-corrected chi connectivity index (χ2v) is 3.15. The first kappa shape index (κ1) is 11.4. The van der Waals surface area contributed by atoms with Gasteiger partial charge in [-0.05, 0) is 34.5 Å². The van der Waals surface area contributed by atoms with Crippen LogP contribution >= 0.6 is 28.3 Å². The van der Waals surface area contributed by atoms with E-state index in [1.54, 1.807) is 6.20 Å². The fraction of sp³-hybridized carbons (Fsp3) is 0.143. The van der Waals surface area contributed by atoms with Crippen molar-refractivity contribution in [3.63, 3.8) is 0 Å². The van der Waals surface area contributed by atoms with Gasteiger partial charge in [0.15, 0.2) is 0 Å². The summed E-state index contributed by atoms with van der Waals surface area (Å²) in [4.78, 5) is 3.98. The first-order chi connectivity index (χ1) is 5.11. The Kier molecular flexibility index (Phi) is 4.20. The molecule has 0 saturated carbocycles. The molecule has 1 aromatic rings. The third-order valence-electron chi connectivity index (χ3n) is 1.30. The van der Waals surface area contributed by atoms with Crippen LogP contribution in [0.15, 0.2) is 16.7 Å². The van der Waals surface area contributed by atoms with Crippen LogP contribution in [0.5, 0.6) is 0 Å². The molecule has 66 valence electrons. The maximum atomic E-state index is 7.15. The molecule has 0 spiro atoms. The molecule has 3 nitrogen and oxygen atoms in total. The number of nitrogens with zero attached hydrogens (tertiary/aromatic N) is 1. The normalized spacial score (nSPS) is 8.83. The van der Waals surface area contributed by atoms with Crippen molar-refractivity contribution >= 4 is 34.2 Å². The monoisotopic (exact) mass is 249 g/mol. The number of nitrogen functional groups attached to an aromatic ring is 1. The number of amidine groups is 1. The summed E-state index contributed by atoms with van der Waals surface area (Å²) >= 11 is 3.27. The molecule has 5 heteroatoms. The van der Waals surface area contributed by atoms with E-state index >= 15 is 0 Å². The highest BCUT2D eigenvalue weighted by molar-refractivity contribution is 9.10. The van der Waals surface area contributed by atoms with Gasteiger partial charge >= 0.3 is 0 Å². The van der Waals surface area contributed by atoms with Crippen LogP contribution in [0.4, 0.5) is 0 Å². The first-order valence-electron chi connectivity index (χ1n) is 3.08. The van der Waals surface area contributed by atoms with Crippen molar-refractivity contribution in [2.24, 2.45) is 5.73 Å². The molecule has 0 aromatic carbocycles. The Morgan fingerprint density at radius 2 is 2.25 bits per heavy atom. The van der Waals surface area contributed by atoms with E-state index in [2.05, 4.69) is 20.9 Å². The van der Waals surface area contributed by atoms with E-state index < -0.39 is 0 Å². The molecule has 12 heavy (non-hydrogen) atoms. The fourth-order valence-electron chi connectivity index (χ4n) is 0.822. The Labute approximate surface area is 85.4 Å². The molecule has 1 aromatic heterocycles. The molecule has 0 unspecified atom stereocenters. The van der Waals surface area contributed by atoms with E-state index in [1.807, 2.05) is 13.0 Å². The SMILES string of the molecule is Cc1cc(Br)cnc1C(=N)N.Cl. The van der Waals surface area contributed by atoms with Crippen LogP contribution < -0.4 is 5.73 Å². The minimum absolute atomic E-state index is 0. The van der Waals surface area contributed by atoms with Crippen molar-refractivity contribution in [1.29, 1.82) is 5.41 Å². The largest absolute Gasteiger partial charge is 0.382 e. The molecule has 1 rings (SSSR count). The molecule has 0 radical (unpaired) electrons. The van der Waals surface area contributed by atoms with Gasteiger partial charge < -0.3 is 5.73 Å². The first-order valence-corrected chi connectivity index (χ1v) is 3.87. The number of nitrogens with one attached hydrogen (secondary N) is 1. The molecule has 0 saturated heterocycles. The van der Waals surface area contributed by atoms with Gasteiger partial charge in [0.05, 0.1) is 0 Å². The molecular weight excluding hydrogens is 241 g/mol. The van der Waals surface area contributed by atoms with Gasteiger partial charge in [0.1, 0.15) is 11.5 Å². The number of hydrogen-bond donors (Lipinski definition) is 2. The van der Waals surface area contributed by atoms with Crippen LogP contribution in [0.2, 0.25) is 0 Å². The van der Waals surface area contributed by atoms with Gasteiger partial charge in [-0.1, -0.05) is 0 Å². The molecule has 0 amide bonds. The van der Waals surface area contributed by atoms with E-state index in [4.69, 9.17) is 11.1 Å². The van der Waals surface area contributed by atoms with Gasteiger partial charge in [-0.15, -0.1) is 12.4 Å². The van der Waals surface area contributed by atoms with Crippen molar-refractivity contribution in [1.82, 2.24) is 4.98 Å². The van der Waals surface area contributed by atoms with Crippen molar-refractivity contribution in [2.75, 3.05) is 0 Å². The third kappa shape index (κ3) is 2.46. The highest BCUT2D eigenvalue weighted by Gasteiger charge is 2.02. The highest BCUT2D eigenvalue weighted by Crippen LogP contribution is 2.11. The van der Waals surface area contributed by atoms with Crippen LogP contribution in [-0.4, -0.2) is 10.8 Å². The summed E-state index contributed by atoms with van der Waals surface area (Å²) in [5.74, 6) is 0.00926. The number of nitrogens with two attached hydrogens (primary N) is 1. The van der Waals surface area contributed by atoms with E-state index in [0.717, 1.165) is 10.0 Å². The molecule has 0 aliphatic rings. The van der Waals surface area contributed by atoms with Crippen molar-refractivity contribution in [3.8, 4) is 0 Å². The van der Waals surface area contributed by atoms with Crippen LogP contribution in [0, 0.1) is 12.3 Å². The van der Waals surface area contributed by atoms with Gasteiger partial charge in [0.2, 0.25) is 0 Å². The van der Waals surface area contributed by atoms with Gasteiger partial charge in [-0.25, -0.2) is 0 Å². The second-order valence-electron chi connectivity index (χ2n) is 2.23. The molecule has 0 aliphatic heterocycles. The van der Waals surface area contributed by atoms with Crippen molar-refractivity contribution < 1.29 is 0 Å². The summed E-state index contributed by atoms with van der Waals surface area (Å²) < 4.78 is 0.903. The fourth-order valence-corrected chi connectivity index (χ4v) is 1.27. The summed E-state index contributed by atoms with van der Waals surface area (Å²) in [6.45, 7) is 1.87. The van der Waals surface area contributed by atoms with Gasteiger partial charge in [-0.3, -0.25) is 10.4 Å². The maximum Gasteiger partial charge on any atom is 0.142 e. The number of rotatable bonds is 1. The van der Waals surface area contributed by atoms with Gasteiger partial charge in [-0.2, -0.15) is 0 Å². The van der Waals surface area contributed by atoms with Crippen LogP contribution in [0.1, 0.15) is 11.3 Å². The highest BCUT2D eigenvalue weighted by atomic mass is 79.9. The zero-order valence-corrected chi connectivity index (χ0v) is 8.87. The van der Waals surface area contributed by atoms with Crippen LogP contribution in [-0.2, 0) is 0 Å². The zero-order chi connectivity index (χ0) is 8.43. The van der Waals surface area contributed by atoms with E-state index in [-0.39, 0.29) is 18.2 Å². The predicted molar refractivity (Wildman–Crippen MR) is 54.9 cm³/mol. The van der Waals surface area contributed by atoms with Crippen molar-refractivity contribution in [3.05, 3.63) is 28.0 Å². The standard InChI is InChI=1S/C7H8BrN3.ClH/c1-4-2-5(8)3-11-6(4)7(9)10;/h2-3H,1H3,(H3,9,10);1H. The topological polar surface area (TPSA) is 62.8 Å². The van der Waals surface area contributed by atoms with Crippen LogP contribution in [0.3, 0.4) is 0 Å². The van der Waals surface area contributed by atoms with E-state index in [9.17, 15) is 0 Å². The Balaban J connectivity index is 0.00000121. The molecule has 0 bridgehead atoms. The number of hydrogen-bond acceptors (Lipinski definition) is 2. The smallest absolute Gasteiger partial charge is 0.142 e. The van der Waals surface area contributed by atoms with Gasteiger partial charge in [0.25, 0.3) is 0 Å². The average molecular weight is 251 g/mol. The zero-order valence-electron chi connectivity index (χ0n) is 6.47. The lowest BCUT2D eigenvalue weighted by Gasteiger charge is -2.01. The summed E-state index contributed by atoms with van der Waals surface area (Å²) in [6.07, 6.45) is 1.63. The summed E-state index contributed by atoms with van der Waals surface area (Å²) in [5, 5.41) is 7.15. The number of halogens is 2. The quantitative estimate of drug-likeness (QED) is 0.590. The second kappa shape index (κ2) is 4.42.